The van der Waals surface area contributed by atoms with Crippen LogP contribution in [0.4, 0.5) is 0 Å². The Morgan fingerprint density at radius 1 is 1.00 bits per heavy atom. The van der Waals surface area contributed by atoms with Gasteiger partial charge >= 0.3 is 0 Å². The Balaban J connectivity index is 1.31. The van der Waals surface area contributed by atoms with E-state index in [1.54, 1.807) is 24.3 Å². The summed E-state index contributed by atoms with van der Waals surface area (Å²) in [6.07, 6.45) is 7.58. The van der Waals surface area contributed by atoms with Crippen LogP contribution in [0.5, 0.6) is 0 Å². The Labute approximate surface area is 160 Å². The molecule has 3 fully saturated rings. The average molecular weight is 375 g/mol. The van der Waals surface area contributed by atoms with Gasteiger partial charge in [0, 0.05) is 35.6 Å². The maximum Gasteiger partial charge on any atom is 0.239 e. The molecule has 4 nitrogen and oxygen atoms in total. The first-order chi connectivity index (χ1) is 12.6. The molecule has 2 heterocycles. The number of carbonyl (C=O) groups excluding carboxylic acids is 2. The van der Waals surface area contributed by atoms with Crippen molar-refractivity contribution in [3.8, 4) is 0 Å². The maximum atomic E-state index is 12.9. The molecule has 1 N–H and O–H groups in total. The SMILES string of the molecule is O=C(c1ccc(Cl)cc1)C1CCN(C(=O)C2CC3CCCCC3N2)CC1. The van der Waals surface area contributed by atoms with Gasteiger partial charge in [-0.15, -0.1) is 0 Å². The number of amides is 1. The van der Waals surface area contributed by atoms with Crippen molar-refractivity contribution in [1.82, 2.24) is 10.2 Å². The molecule has 5 heteroatoms. The van der Waals surface area contributed by atoms with Crippen LogP contribution < -0.4 is 5.32 Å². The van der Waals surface area contributed by atoms with Gasteiger partial charge in [0.2, 0.25) is 5.91 Å². The molecule has 0 aromatic heterocycles. The van der Waals surface area contributed by atoms with E-state index >= 15 is 0 Å². The Morgan fingerprint density at radius 3 is 2.38 bits per heavy atom. The minimum absolute atomic E-state index is 0.00776. The van der Waals surface area contributed by atoms with E-state index in [0.717, 1.165) is 24.8 Å². The number of fused-ring (bicyclic) bond motifs is 1. The zero-order valence-corrected chi connectivity index (χ0v) is 15.9. The van der Waals surface area contributed by atoms with Crippen LogP contribution in [-0.4, -0.2) is 41.8 Å². The fourth-order valence-corrected chi connectivity index (χ4v) is 5.07. The molecule has 1 saturated carbocycles. The lowest BCUT2D eigenvalue weighted by Crippen LogP contribution is -2.48. The highest BCUT2D eigenvalue weighted by atomic mass is 35.5. The Bertz CT molecular complexity index is 653. The van der Waals surface area contributed by atoms with Gasteiger partial charge in [-0.25, -0.2) is 0 Å². The van der Waals surface area contributed by atoms with Crippen molar-refractivity contribution >= 4 is 23.3 Å². The van der Waals surface area contributed by atoms with Gasteiger partial charge < -0.3 is 10.2 Å². The molecule has 1 aliphatic carbocycles. The van der Waals surface area contributed by atoms with E-state index in [4.69, 9.17) is 11.6 Å². The highest BCUT2D eigenvalue weighted by molar-refractivity contribution is 6.30. The summed E-state index contributed by atoms with van der Waals surface area (Å²) >= 11 is 5.90. The number of Topliss-reactive ketones (excluding diaryl/α,β-unsaturated/α-hetero) is 1. The molecule has 3 aliphatic rings. The van der Waals surface area contributed by atoms with Gasteiger partial charge in [-0.05, 0) is 62.3 Å². The minimum Gasteiger partial charge on any atom is -0.341 e. The van der Waals surface area contributed by atoms with E-state index in [0.29, 0.717) is 30.1 Å². The number of benzene rings is 1. The first-order valence-electron chi connectivity index (χ1n) is 9.96. The summed E-state index contributed by atoms with van der Waals surface area (Å²) in [5.41, 5.74) is 0.723. The molecule has 1 aromatic carbocycles. The van der Waals surface area contributed by atoms with Crippen molar-refractivity contribution < 1.29 is 9.59 Å². The third kappa shape index (κ3) is 3.67. The Morgan fingerprint density at radius 2 is 1.69 bits per heavy atom. The van der Waals surface area contributed by atoms with Gasteiger partial charge in [-0.2, -0.15) is 0 Å². The normalized spacial score (nSPS) is 29.4. The molecule has 1 amide bonds. The van der Waals surface area contributed by atoms with Gasteiger partial charge in [0.25, 0.3) is 0 Å². The first-order valence-corrected chi connectivity index (χ1v) is 10.3. The zero-order valence-electron chi connectivity index (χ0n) is 15.1. The summed E-state index contributed by atoms with van der Waals surface area (Å²) in [5, 5.41) is 4.23. The molecule has 0 spiro atoms. The molecule has 0 radical (unpaired) electrons. The van der Waals surface area contributed by atoms with E-state index in [2.05, 4.69) is 5.32 Å². The molecule has 2 saturated heterocycles. The molecular formula is C21H27ClN2O2. The smallest absolute Gasteiger partial charge is 0.239 e. The number of hydrogen-bond acceptors (Lipinski definition) is 3. The topological polar surface area (TPSA) is 49.4 Å². The summed E-state index contributed by atoms with van der Waals surface area (Å²) in [6.45, 7) is 1.38. The summed E-state index contributed by atoms with van der Waals surface area (Å²) in [6, 6.07) is 7.66. The minimum atomic E-state index is -0.00776. The first kappa shape index (κ1) is 18.0. The van der Waals surface area contributed by atoms with Gasteiger partial charge in [0.15, 0.2) is 5.78 Å². The lowest BCUT2D eigenvalue weighted by Gasteiger charge is -2.33. The molecule has 0 bridgehead atoms. The second-order valence-electron chi connectivity index (χ2n) is 8.08. The number of ketones is 1. The number of nitrogens with one attached hydrogen (secondary N) is 1. The number of halogens is 1. The second kappa shape index (κ2) is 7.69. The largest absolute Gasteiger partial charge is 0.341 e. The molecule has 2 aliphatic heterocycles. The summed E-state index contributed by atoms with van der Waals surface area (Å²) in [7, 11) is 0. The summed E-state index contributed by atoms with van der Waals surface area (Å²) in [5.74, 6) is 1.12. The number of nitrogens with zero attached hydrogens (tertiary/aromatic N) is 1. The van der Waals surface area contributed by atoms with E-state index in [9.17, 15) is 9.59 Å². The predicted molar refractivity (Wildman–Crippen MR) is 102 cm³/mol. The van der Waals surface area contributed by atoms with Crippen LogP contribution in [0.1, 0.15) is 55.3 Å². The molecule has 140 valence electrons. The van der Waals surface area contributed by atoms with Crippen LogP contribution in [0.15, 0.2) is 24.3 Å². The lowest BCUT2D eigenvalue weighted by atomic mass is 9.85. The van der Waals surface area contributed by atoms with Crippen LogP contribution in [-0.2, 0) is 4.79 Å². The number of rotatable bonds is 3. The van der Waals surface area contributed by atoms with E-state index in [-0.39, 0.29) is 23.7 Å². The van der Waals surface area contributed by atoms with Crippen LogP contribution in [0.25, 0.3) is 0 Å². The number of carbonyl (C=O) groups is 2. The second-order valence-corrected chi connectivity index (χ2v) is 8.51. The zero-order chi connectivity index (χ0) is 18.1. The van der Waals surface area contributed by atoms with Crippen molar-refractivity contribution in [1.29, 1.82) is 0 Å². The summed E-state index contributed by atoms with van der Waals surface area (Å²) in [4.78, 5) is 27.5. The van der Waals surface area contributed by atoms with Gasteiger partial charge in [-0.1, -0.05) is 24.4 Å². The van der Waals surface area contributed by atoms with Crippen molar-refractivity contribution in [2.45, 2.75) is 57.0 Å². The van der Waals surface area contributed by atoms with Gasteiger partial charge in [0.1, 0.15) is 0 Å². The highest BCUT2D eigenvalue weighted by Gasteiger charge is 2.40. The maximum absolute atomic E-state index is 12.9. The van der Waals surface area contributed by atoms with Crippen molar-refractivity contribution in [3.05, 3.63) is 34.9 Å². The standard InChI is InChI=1S/C21H27ClN2O2/c22-17-7-5-14(6-8-17)20(25)15-9-11-24(12-10-15)21(26)19-13-16-3-1-2-4-18(16)23-19/h5-8,15-16,18-19,23H,1-4,9-13H2. The number of piperidine rings is 1. The quantitative estimate of drug-likeness (QED) is 0.821. The van der Waals surface area contributed by atoms with Crippen molar-refractivity contribution in [3.63, 3.8) is 0 Å². The molecular weight excluding hydrogens is 348 g/mol. The van der Waals surface area contributed by atoms with Crippen LogP contribution in [0, 0.1) is 11.8 Å². The lowest BCUT2D eigenvalue weighted by molar-refractivity contribution is -0.134. The van der Waals surface area contributed by atoms with Gasteiger partial charge in [0.05, 0.1) is 6.04 Å². The van der Waals surface area contributed by atoms with Crippen LogP contribution in [0.2, 0.25) is 5.02 Å². The average Bonchev–Trinajstić information content (AvgIpc) is 3.12. The van der Waals surface area contributed by atoms with Gasteiger partial charge in [-0.3, -0.25) is 9.59 Å². The molecule has 4 rings (SSSR count). The van der Waals surface area contributed by atoms with Crippen LogP contribution >= 0.6 is 11.6 Å². The van der Waals surface area contributed by atoms with Crippen molar-refractivity contribution in [2.75, 3.05) is 13.1 Å². The third-order valence-corrected chi connectivity index (χ3v) is 6.72. The van der Waals surface area contributed by atoms with E-state index in [1.807, 2.05) is 4.90 Å². The fourth-order valence-electron chi connectivity index (χ4n) is 4.94. The predicted octanol–water partition coefficient (Wildman–Crippen LogP) is 3.68. The molecule has 26 heavy (non-hydrogen) atoms. The molecule has 3 atom stereocenters. The fraction of sp³-hybridized carbons (Fsp3) is 0.619. The van der Waals surface area contributed by atoms with E-state index in [1.165, 1.54) is 25.7 Å². The Hall–Kier alpha value is -1.39. The highest BCUT2D eigenvalue weighted by Crippen LogP contribution is 2.34. The monoisotopic (exact) mass is 374 g/mol. The number of hydrogen-bond donors (Lipinski definition) is 1. The van der Waals surface area contributed by atoms with Crippen LogP contribution in [0.3, 0.4) is 0 Å². The van der Waals surface area contributed by atoms with E-state index < -0.39 is 0 Å². The third-order valence-electron chi connectivity index (χ3n) is 6.47. The molecule has 1 aromatic rings. The summed E-state index contributed by atoms with van der Waals surface area (Å²) < 4.78 is 0. The Kier molecular flexibility index (Phi) is 5.32. The van der Waals surface area contributed by atoms with Crippen molar-refractivity contribution in [2.24, 2.45) is 11.8 Å². The number of likely N-dealkylation sites (tertiary alicyclic amines) is 1. The molecule has 3 unspecified atom stereocenters.